The Morgan fingerprint density at radius 2 is 1.75 bits per heavy atom. The lowest BCUT2D eigenvalue weighted by Gasteiger charge is -2.11. The predicted molar refractivity (Wildman–Crippen MR) is 96.9 cm³/mol. The van der Waals surface area contributed by atoms with Gasteiger partial charge in [-0.05, 0) is 56.7 Å². The van der Waals surface area contributed by atoms with E-state index in [1.165, 1.54) is 5.56 Å². The van der Waals surface area contributed by atoms with Crippen LogP contribution in [0.15, 0.2) is 54.9 Å². The smallest absolute Gasteiger partial charge is 0.308 e. The second-order valence-electron chi connectivity index (χ2n) is 5.79. The third-order valence-corrected chi connectivity index (χ3v) is 3.86. The van der Waals surface area contributed by atoms with E-state index >= 15 is 0 Å². The van der Waals surface area contributed by atoms with Crippen LogP contribution >= 0.6 is 0 Å². The molecule has 2 N–H and O–H groups in total. The molecule has 1 aromatic heterocycles. The Bertz CT molecular complexity index is 865. The monoisotopic (exact) mass is 320 g/mol. The number of imidazole rings is 1. The normalized spacial score (nSPS) is 10.5. The molecule has 5 nitrogen and oxygen atoms in total. The molecular formula is C19H20N4O. The number of nitrogens with one attached hydrogen (secondary N) is 2. The highest BCUT2D eigenvalue weighted by molar-refractivity contribution is 6.00. The predicted octanol–water partition coefficient (Wildman–Crippen LogP) is 4.44. The highest BCUT2D eigenvalue weighted by Crippen LogP contribution is 2.18. The number of aryl methyl sites for hydroxylation is 3. The molecular weight excluding hydrogens is 300 g/mol. The van der Waals surface area contributed by atoms with E-state index in [1.807, 2.05) is 74.0 Å². The Hall–Kier alpha value is -3.08. The minimum atomic E-state index is -0.256. The number of nitrogens with zero attached hydrogens (tertiary/aromatic N) is 2. The zero-order chi connectivity index (χ0) is 17.1. The molecule has 0 aliphatic carbocycles. The van der Waals surface area contributed by atoms with Crippen molar-refractivity contribution in [3.63, 3.8) is 0 Å². The van der Waals surface area contributed by atoms with E-state index in [-0.39, 0.29) is 6.03 Å². The molecule has 5 heteroatoms. The fourth-order valence-electron chi connectivity index (χ4n) is 2.59. The van der Waals surface area contributed by atoms with E-state index in [0.29, 0.717) is 0 Å². The van der Waals surface area contributed by atoms with Crippen LogP contribution in [0.5, 0.6) is 0 Å². The van der Waals surface area contributed by atoms with Crippen molar-refractivity contribution in [3.8, 4) is 5.69 Å². The molecule has 0 saturated carbocycles. The highest BCUT2D eigenvalue weighted by atomic mass is 16.2. The van der Waals surface area contributed by atoms with E-state index in [2.05, 4.69) is 15.6 Å². The van der Waals surface area contributed by atoms with Crippen molar-refractivity contribution in [2.24, 2.45) is 0 Å². The molecule has 0 aliphatic heterocycles. The van der Waals surface area contributed by atoms with Gasteiger partial charge in [0.15, 0.2) is 0 Å². The van der Waals surface area contributed by atoms with Gasteiger partial charge >= 0.3 is 6.03 Å². The average molecular weight is 320 g/mol. The van der Waals surface area contributed by atoms with Crippen LogP contribution in [0.1, 0.15) is 17.0 Å². The third kappa shape index (κ3) is 3.46. The summed E-state index contributed by atoms with van der Waals surface area (Å²) in [4.78, 5) is 16.4. The number of aromatic nitrogens is 2. The molecule has 3 rings (SSSR count). The Labute approximate surface area is 141 Å². The fourth-order valence-corrected chi connectivity index (χ4v) is 2.59. The first-order chi connectivity index (χ1) is 11.5. The van der Waals surface area contributed by atoms with E-state index in [0.717, 1.165) is 28.5 Å². The number of carbonyl (C=O) groups is 1. The molecule has 2 aromatic carbocycles. The lowest BCUT2D eigenvalue weighted by Crippen LogP contribution is -2.20. The number of hydrogen-bond acceptors (Lipinski definition) is 2. The van der Waals surface area contributed by atoms with Gasteiger partial charge in [-0.25, -0.2) is 9.78 Å². The van der Waals surface area contributed by atoms with Crippen LogP contribution in [0.25, 0.3) is 5.69 Å². The van der Waals surface area contributed by atoms with Gasteiger partial charge in [-0.2, -0.15) is 0 Å². The zero-order valence-corrected chi connectivity index (χ0v) is 14.0. The van der Waals surface area contributed by atoms with Gasteiger partial charge in [-0.1, -0.05) is 17.7 Å². The van der Waals surface area contributed by atoms with E-state index in [9.17, 15) is 4.79 Å². The first kappa shape index (κ1) is 15.8. The number of hydrogen-bond donors (Lipinski definition) is 2. The summed E-state index contributed by atoms with van der Waals surface area (Å²) in [6, 6.07) is 13.3. The van der Waals surface area contributed by atoms with E-state index < -0.39 is 0 Å². The van der Waals surface area contributed by atoms with Gasteiger partial charge in [0.25, 0.3) is 0 Å². The molecule has 0 fully saturated rings. The number of benzene rings is 2. The Kier molecular flexibility index (Phi) is 4.33. The summed E-state index contributed by atoms with van der Waals surface area (Å²) >= 11 is 0. The molecule has 0 bridgehead atoms. The minimum absolute atomic E-state index is 0.256. The molecule has 0 spiro atoms. The summed E-state index contributed by atoms with van der Waals surface area (Å²) in [5.74, 6) is 0.920. The summed E-state index contributed by atoms with van der Waals surface area (Å²) in [6.07, 6.45) is 3.67. The Morgan fingerprint density at radius 1 is 1.00 bits per heavy atom. The van der Waals surface area contributed by atoms with Crippen LogP contribution in [0.2, 0.25) is 0 Å². The summed E-state index contributed by atoms with van der Waals surface area (Å²) < 4.78 is 1.99. The first-order valence-electron chi connectivity index (χ1n) is 7.78. The molecule has 0 atom stereocenters. The van der Waals surface area contributed by atoms with Gasteiger partial charge < -0.3 is 15.2 Å². The number of urea groups is 1. The molecule has 0 saturated heterocycles. The fraction of sp³-hybridized carbons (Fsp3) is 0.158. The summed E-state index contributed by atoms with van der Waals surface area (Å²) in [5, 5.41) is 5.72. The van der Waals surface area contributed by atoms with Crippen LogP contribution in [0.3, 0.4) is 0 Å². The highest BCUT2D eigenvalue weighted by Gasteiger charge is 2.06. The number of rotatable bonds is 3. The zero-order valence-electron chi connectivity index (χ0n) is 14.0. The van der Waals surface area contributed by atoms with Crippen molar-refractivity contribution < 1.29 is 4.79 Å². The van der Waals surface area contributed by atoms with Crippen molar-refractivity contribution in [2.75, 3.05) is 10.6 Å². The third-order valence-electron chi connectivity index (χ3n) is 3.86. The van der Waals surface area contributed by atoms with Crippen LogP contribution in [0.4, 0.5) is 16.2 Å². The number of anilines is 2. The minimum Gasteiger partial charge on any atom is -0.308 e. The molecule has 1 heterocycles. The van der Waals surface area contributed by atoms with Gasteiger partial charge in [-0.3, -0.25) is 0 Å². The lowest BCUT2D eigenvalue weighted by molar-refractivity contribution is 0.262. The second-order valence-corrected chi connectivity index (χ2v) is 5.79. The maximum atomic E-state index is 12.1. The maximum absolute atomic E-state index is 12.1. The van der Waals surface area contributed by atoms with Gasteiger partial charge in [0.1, 0.15) is 5.82 Å². The maximum Gasteiger partial charge on any atom is 0.323 e. The summed E-state index contributed by atoms with van der Waals surface area (Å²) in [5.41, 5.74) is 4.76. The van der Waals surface area contributed by atoms with Crippen molar-refractivity contribution in [1.29, 1.82) is 0 Å². The van der Waals surface area contributed by atoms with Gasteiger partial charge in [-0.15, -0.1) is 0 Å². The Balaban J connectivity index is 1.67. The standard InChI is InChI=1S/C19H20N4O/c1-13-4-9-18(14(2)12-13)22-19(24)21-16-5-7-17(8-6-16)23-11-10-20-15(23)3/h4-12H,1-3H3,(H2,21,22,24). The molecule has 3 aromatic rings. The van der Waals surface area contributed by atoms with Crippen molar-refractivity contribution in [1.82, 2.24) is 9.55 Å². The van der Waals surface area contributed by atoms with Gasteiger partial charge in [0.2, 0.25) is 0 Å². The quantitative estimate of drug-likeness (QED) is 0.749. The summed E-state index contributed by atoms with van der Waals surface area (Å²) in [7, 11) is 0. The van der Waals surface area contributed by atoms with Gasteiger partial charge in [0.05, 0.1) is 0 Å². The molecule has 2 amide bonds. The van der Waals surface area contributed by atoms with Crippen molar-refractivity contribution >= 4 is 17.4 Å². The summed E-state index contributed by atoms with van der Waals surface area (Å²) in [6.45, 7) is 5.95. The van der Waals surface area contributed by atoms with E-state index in [4.69, 9.17) is 0 Å². The van der Waals surface area contributed by atoms with Crippen LogP contribution in [-0.2, 0) is 0 Å². The van der Waals surface area contributed by atoms with Crippen molar-refractivity contribution in [2.45, 2.75) is 20.8 Å². The average Bonchev–Trinajstić information content (AvgIpc) is 2.97. The molecule has 24 heavy (non-hydrogen) atoms. The number of carbonyl (C=O) groups excluding carboxylic acids is 1. The molecule has 0 aliphatic rings. The molecule has 122 valence electrons. The lowest BCUT2D eigenvalue weighted by atomic mass is 10.1. The van der Waals surface area contributed by atoms with Crippen molar-refractivity contribution in [3.05, 3.63) is 71.8 Å². The van der Waals surface area contributed by atoms with Crippen LogP contribution in [-0.4, -0.2) is 15.6 Å². The molecule has 0 radical (unpaired) electrons. The van der Waals surface area contributed by atoms with Crippen LogP contribution < -0.4 is 10.6 Å². The van der Waals surface area contributed by atoms with E-state index in [1.54, 1.807) is 6.20 Å². The first-order valence-corrected chi connectivity index (χ1v) is 7.78. The largest absolute Gasteiger partial charge is 0.323 e. The Morgan fingerprint density at radius 3 is 2.38 bits per heavy atom. The molecule has 0 unspecified atom stereocenters. The van der Waals surface area contributed by atoms with Crippen LogP contribution in [0, 0.1) is 20.8 Å². The second kappa shape index (κ2) is 6.58. The van der Waals surface area contributed by atoms with Gasteiger partial charge in [0, 0.05) is 29.5 Å². The topological polar surface area (TPSA) is 59.0 Å². The SMILES string of the molecule is Cc1ccc(NC(=O)Nc2ccc(-n3ccnc3C)cc2)c(C)c1. The number of amides is 2.